The second-order valence-electron chi connectivity index (χ2n) is 6.51. The number of hydrogen-bond acceptors (Lipinski definition) is 2. The first kappa shape index (κ1) is 13.8. The van der Waals surface area contributed by atoms with Crippen molar-refractivity contribution in [2.75, 3.05) is 14.2 Å². The highest BCUT2D eigenvalue weighted by atomic mass is 16.5. The van der Waals surface area contributed by atoms with Gasteiger partial charge in [-0.2, -0.15) is 0 Å². The lowest BCUT2D eigenvalue weighted by atomic mass is 9.84. The average Bonchev–Trinajstić information content (AvgIpc) is 3.14. The van der Waals surface area contributed by atoms with Gasteiger partial charge in [0.25, 0.3) is 0 Å². The topological polar surface area (TPSA) is 18.5 Å². The van der Waals surface area contributed by atoms with Gasteiger partial charge in [-0.1, -0.05) is 30.3 Å². The first-order chi connectivity index (χ1) is 10.8. The molecule has 2 nitrogen and oxygen atoms in total. The molecule has 0 aromatic heterocycles. The summed E-state index contributed by atoms with van der Waals surface area (Å²) in [7, 11) is 3.59. The lowest BCUT2D eigenvalue weighted by Crippen LogP contribution is -2.24. The third-order valence-corrected chi connectivity index (χ3v) is 5.42. The molecule has 2 aromatic rings. The molecule has 0 saturated carbocycles. The van der Waals surface area contributed by atoms with Crippen LogP contribution in [0.4, 0.5) is 0 Å². The maximum atomic E-state index is 5.84. The van der Waals surface area contributed by atoms with Crippen LogP contribution in [0.15, 0.2) is 42.5 Å². The van der Waals surface area contributed by atoms with Gasteiger partial charge in [0, 0.05) is 13.0 Å². The maximum Gasteiger partial charge on any atom is 0.119 e. The number of rotatable bonds is 3. The van der Waals surface area contributed by atoms with E-state index in [0.29, 0.717) is 17.9 Å². The number of methoxy groups -OCH3 is 2. The zero-order chi connectivity index (χ0) is 15.1. The van der Waals surface area contributed by atoms with Gasteiger partial charge in [0.15, 0.2) is 0 Å². The summed E-state index contributed by atoms with van der Waals surface area (Å²) in [5.74, 6) is 2.12. The highest BCUT2D eigenvalue weighted by molar-refractivity contribution is 5.43. The highest BCUT2D eigenvalue weighted by Crippen LogP contribution is 2.45. The second kappa shape index (κ2) is 5.44. The summed E-state index contributed by atoms with van der Waals surface area (Å²) in [5.41, 5.74) is 5.89. The summed E-state index contributed by atoms with van der Waals surface area (Å²) in [6.07, 6.45) is 3.65. The Labute approximate surface area is 132 Å². The Morgan fingerprint density at radius 1 is 0.864 bits per heavy atom. The molecule has 4 rings (SSSR count). The van der Waals surface area contributed by atoms with Crippen molar-refractivity contribution in [1.29, 1.82) is 0 Å². The first-order valence-corrected chi connectivity index (χ1v) is 8.06. The van der Waals surface area contributed by atoms with Crippen molar-refractivity contribution in [3.63, 3.8) is 0 Å². The first-order valence-electron chi connectivity index (χ1n) is 8.06. The van der Waals surface area contributed by atoms with Crippen molar-refractivity contribution < 1.29 is 9.47 Å². The molecule has 3 atom stereocenters. The molecule has 2 aliphatic carbocycles. The molecule has 2 heteroatoms. The molecule has 0 fully saturated rings. The minimum Gasteiger partial charge on any atom is -0.497 e. The monoisotopic (exact) mass is 294 g/mol. The molecular weight excluding hydrogens is 272 g/mol. The molecule has 0 saturated heterocycles. The Morgan fingerprint density at radius 2 is 1.68 bits per heavy atom. The Morgan fingerprint density at radius 3 is 2.50 bits per heavy atom. The number of fused-ring (bicyclic) bond motifs is 2. The highest BCUT2D eigenvalue weighted by Gasteiger charge is 2.40. The van der Waals surface area contributed by atoms with E-state index in [1.54, 1.807) is 7.11 Å². The van der Waals surface area contributed by atoms with Crippen molar-refractivity contribution >= 4 is 0 Å². The van der Waals surface area contributed by atoms with E-state index in [2.05, 4.69) is 42.5 Å². The molecule has 0 heterocycles. The summed E-state index contributed by atoms with van der Waals surface area (Å²) < 4.78 is 11.2. The SMILES string of the molecule is COc1ccc2c(c1)CC(C1c3ccccc3CC1OC)C2. The van der Waals surface area contributed by atoms with E-state index in [0.717, 1.165) is 25.0 Å². The van der Waals surface area contributed by atoms with Crippen LogP contribution >= 0.6 is 0 Å². The van der Waals surface area contributed by atoms with E-state index in [1.807, 2.05) is 7.11 Å². The Balaban J connectivity index is 1.65. The van der Waals surface area contributed by atoms with Crippen LogP contribution < -0.4 is 4.74 Å². The van der Waals surface area contributed by atoms with E-state index in [9.17, 15) is 0 Å². The molecule has 3 unspecified atom stereocenters. The van der Waals surface area contributed by atoms with Crippen molar-refractivity contribution in [3.8, 4) is 5.75 Å². The van der Waals surface area contributed by atoms with Gasteiger partial charge in [-0.05, 0) is 59.6 Å². The molecule has 2 aromatic carbocycles. The third-order valence-electron chi connectivity index (χ3n) is 5.42. The van der Waals surface area contributed by atoms with E-state index in [-0.39, 0.29) is 0 Å². The van der Waals surface area contributed by atoms with Gasteiger partial charge in [0.2, 0.25) is 0 Å². The smallest absolute Gasteiger partial charge is 0.119 e. The molecule has 0 spiro atoms. The fourth-order valence-electron chi connectivity index (χ4n) is 4.39. The molecule has 2 aliphatic rings. The molecule has 114 valence electrons. The Kier molecular flexibility index (Phi) is 3.42. The summed E-state index contributed by atoms with van der Waals surface area (Å²) >= 11 is 0. The van der Waals surface area contributed by atoms with E-state index >= 15 is 0 Å². The summed E-state index contributed by atoms with van der Waals surface area (Å²) in [6, 6.07) is 15.4. The van der Waals surface area contributed by atoms with Gasteiger partial charge in [-0.25, -0.2) is 0 Å². The fraction of sp³-hybridized carbons (Fsp3) is 0.400. The lowest BCUT2D eigenvalue weighted by molar-refractivity contribution is 0.0717. The molecular formula is C20H22O2. The summed E-state index contributed by atoms with van der Waals surface area (Å²) in [5, 5.41) is 0. The van der Waals surface area contributed by atoms with Crippen LogP contribution in [0.3, 0.4) is 0 Å². The maximum absolute atomic E-state index is 5.84. The van der Waals surface area contributed by atoms with Crippen molar-refractivity contribution in [2.45, 2.75) is 31.3 Å². The van der Waals surface area contributed by atoms with Crippen molar-refractivity contribution in [1.82, 2.24) is 0 Å². The predicted molar refractivity (Wildman–Crippen MR) is 87.6 cm³/mol. The van der Waals surface area contributed by atoms with Crippen molar-refractivity contribution in [2.24, 2.45) is 5.92 Å². The van der Waals surface area contributed by atoms with E-state index in [4.69, 9.17) is 9.47 Å². The van der Waals surface area contributed by atoms with Crippen LogP contribution in [-0.2, 0) is 24.0 Å². The van der Waals surface area contributed by atoms with Crippen LogP contribution in [0.25, 0.3) is 0 Å². The molecule has 0 amide bonds. The van der Waals surface area contributed by atoms with Crippen LogP contribution in [-0.4, -0.2) is 20.3 Å². The summed E-state index contributed by atoms with van der Waals surface area (Å²) in [4.78, 5) is 0. The van der Waals surface area contributed by atoms with Crippen molar-refractivity contribution in [3.05, 3.63) is 64.7 Å². The van der Waals surface area contributed by atoms with Gasteiger partial charge in [0.1, 0.15) is 5.75 Å². The molecule has 0 bridgehead atoms. The average molecular weight is 294 g/mol. The van der Waals surface area contributed by atoms with Crippen LogP contribution in [0.5, 0.6) is 5.75 Å². The number of hydrogen-bond donors (Lipinski definition) is 0. The lowest BCUT2D eigenvalue weighted by Gasteiger charge is -2.25. The summed E-state index contributed by atoms with van der Waals surface area (Å²) in [6.45, 7) is 0. The van der Waals surface area contributed by atoms with Gasteiger partial charge < -0.3 is 9.47 Å². The molecule has 0 aliphatic heterocycles. The zero-order valence-corrected chi connectivity index (χ0v) is 13.2. The molecule has 22 heavy (non-hydrogen) atoms. The van der Waals surface area contributed by atoms with Crippen LogP contribution in [0, 0.1) is 5.92 Å². The van der Waals surface area contributed by atoms with E-state index < -0.39 is 0 Å². The fourth-order valence-corrected chi connectivity index (χ4v) is 4.39. The molecule has 0 N–H and O–H groups in total. The largest absolute Gasteiger partial charge is 0.497 e. The minimum absolute atomic E-state index is 0.318. The van der Waals surface area contributed by atoms with Crippen LogP contribution in [0.2, 0.25) is 0 Å². The van der Waals surface area contributed by atoms with E-state index in [1.165, 1.54) is 22.3 Å². The quantitative estimate of drug-likeness (QED) is 0.858. The van der Waals surface area contributed by atoms with Gasteiger partial charge in [-0.3, -0.25) is 0 Å². The van der Waals surface area contributed by atoms with Gasteiger partial charge in [-0.15, -0.1) is 0 Å². The van der Waals surface area contributed by atoms with Gasteiger partial charge in [0.05, 0.1) is 13.2 Å². The Hall–Kier alpha value is -1.80. The molecule has 0 radical (unpaired) electrons. The van der Waals surface area contributed by atoms with Crippen LogP contribution in [0.1, 0.15) is 28.2 Å². The Bertz CT molecular complexity index is 692. The second-order valence-corrected chi connectivity index (χ2v) is 6.51. The van der Waals surface area contributed by atoms with Gasteiger partial charge >= 0.3 is 0 Å². The minimum atomic E-state index is 0.318. The normalized spacial score (nSPS) is 25.8. The standard InChI is InChI=1S/C20H22O2/c1-21-17-8-7-13-9-16(10-15(13)11-17)20-18-6-4-3-5-14(18)12-19(20)22-2/h3-8,11,16,19-20H,9-10,12H2,1-2H3. The number of ether oxygens (including phenoxy) is 2. The predicted octanol–water partition coefficient (Wildman–Crippen LogP) is 3.76. The number of benzene rings is 2. The third kappa shape index (κ3) is 2.14. The zero-order valence-electron chi connectivity index (χ0n) is 13.2.